The van der Waals surface area contributed by atoms with Crippen LogP contribution in [0.3, 0.4) is 0 Å². The van der Waals surface area contributed by atoms with Gasteiger partial charge < -0.3 is 5.32 Å². The maximum atomic E-state index is 12.5. The molecule has 1 aromatic heterocycles. The van der Waals surface area contributed by atoms with Crippen molar-refractivity contribution >= 4 is 32.4 Å². The van der Waals surface area contributed by atoms with Gasteiger partial charge in [-0.1, -0.05) is 39.0 Å². The summed E-state index contributed by atoms with van der Waals surface area (Å²) in [6, 6.07) is 0. The summed E-state index contributed by atoms with van der Waals surface area (Å²) in [5.41, 5.74) is -0.576. The van der Waals surface area contributed by atoms with E-state index in [1.807, 2.05) is 6.92 Å². The smallest absolute Gasteiger partial charge is 0.272 e. The number of carbonyl (C=O) groups excluding carboxylic acids is 1. The molecular weight excluding hydrogens is 324 g/mol. The Morgan fingerprint density at radius 1 is 1.36 bits per heavy atom. The molecule has 9 heteroatoms. The van der Waals surface area contributed by atoms with Gasteiger partial charge in [0.05, 0.1) is 0 Å². The molecule has 124 valence electrons. The molecule has 1 atom stereocenters. The van der Waals surface area contributed by atoms with Crippen molar-refractivity contribution in [2.24, 2.45) is 11.3 Å². The van der Waals surface area contributed by atoms with Crippen molar-refractivity contribution in [2.45, 2.75) is 44.9 Å². The van der Waals surface area contributed by atoms with E-state index in [9.17, 15) is 13.2 Å². The first kappa shape index (κ1) is 17.3. The number of nitrogens with one attached hydrogen (secondary N) is 1. The van der Waals surface area contributed by atoms with Crippen LogP contribution >= 0.6 is 11.3 Å². The first-order chi connectivity index (χ1) is 10.1. The first-order valence-corrected chi connectivity index (χ1v) is 9.51. The lowest BCUT2D eigenvalue weighted by Crippen LogP contribution is -2.39. The van der Waals surface area contributed by atoms with Gasteiger partial charge in [0.15, 0.2) is 0 Å². The van der Waals surface area contributed by atoms with Crippen molar-refractivity contribution in [2.75, 3.05) is 18.4 Å². The van der Waals surface area contributed by atoms with E-state index in [2.05, 4.69) is 15.5 Å². The second-order valence-electron chi connectivity index (χ2n) is 6.69. The Balaban J connectivity index is 2.15. The number of sulfonamides is 1. The topological polar surface area (TPSA) is 92.3 Å². The number of rotatable bonds is 3. The molecule has 0 spiro atoms. The number of piperidine rings is 1. The second-order valence-corrected chi connectivity index (χ2v) is 9.78. The van der Waals surface area contributed by atoms with E-state index in [1.54, 1.807) is 20.8 Å². The maximum Gasteiger partial charge on any atom is 0.272 e. The van der Waals surface area contributed by atoms with E-state index in [0.717, 1.165) is 24.2 Å². The standard InChI is InChI=1S/C13H22N4O3S2/c1-9-6-5-7-17(8-9)22(19,20)12-16-15-11(21-12)14-10(18)13(2,3)4/h9H,5-8H2,1-4H3,(H,14,15,18)/t9-/m0/s1. The first-order valence-electron chi connectivity index (χ1n) is 7.26. The SMILES string of the molecule is C[C@H]1CCCN(S(=O)(=O)c2nnc(NC(=O)C(C)(C)C)s2)C1. The highest BCUT2D eigenvalue weighted by Gasteiger charge is 2.32. The molecule has 1 aromatic rings. The van der Waals surface area contributed by atoms with Crippen molar-refractivity contribution in [1.82, 2.24) is 14.5 Å². The van der Waals surface area contributed by atoms with E-state index in [4.69, 9.17) is 0 Å². The van der Waals surface area contributed by atoms with E-state index in [-0.39, 0.29) is 15.4 Å². The quantitative estimate of drug-likeness (QED) is 0.845. The van der Waals surface area contributed by atoms with E-state index in [1.165, 1.54) is 4.31 Å². The third-order valence-corrected chi connectivity index (χ3v) is 6.54. The van der Waals surface area contributed by atoms with Crippen LogP contribution in [0, 0.1) is 11.3 Å². The molecule has 0 aliphatic carbocycles. The van der Waals surface area contributed by atoms with Crippen molar-refractivity contribution in [3.8, 4) is 0 Å². The molecule has 1 aliphatic rings. The molecule has 22 heavy (non-hydrogen) atoms. The molecule has 1 amide bonds. The molecule has 1 N–H and O–H groups in total. The van der Waals surface area contributed by atoms with Crippen molar-refractivity contribution in [3.05, 3.63) is 0 Å². The highest BCUT2D eigenvalue weighted by atomic mass is 32.2. The minimum atomic E-state index is -3.62. The molecule has 0 bridgehead atoms. The summed E-state index contributed by atoms with van der Waals surface area (Å²) in [7, 11) is -3.62. The van der Waals surface area contributed by atoms with Gasteiger partial charge in [-0.05, 0) is 18.8 Å². The summed E-state index contributed by atoms with van der Waals surface area (Å²) in [4.78, 5) is 11.9. The molecule has 1 aliphatic heterocycles. The predicted molar refractivity (Wildman–Crippen MR) is 85.2 cm³/mol. The molecule has 7 nitrogen and oxygen atoms in total. The molecule has 1 fully saturated rings. The van der Waals surface area contributed by atoms with Crippen molar-refractivity contribution < 1.29 is 13.2 Å². The number of carbonyl (C=O) groups is 1. The molecule has 0 aromatic carbocycles. The van der Waals surface area contributed by atoms with Crippen molar-refractivity contribution in [1.29, 1.82) is 0 Å². The molecule has 1 saturated heterocycles. The van der Waals surface area contributed by atoms with Gasteiger partial charge in [-0.25, -0.2) is 8.42 Å². The third kappa shape index (κ3) is 3.82. The van der Waals surface area contributed by atoms with Gasteiger partial charge in [0.1, 0.15) is 0 Å². The second kappa shape index (κ2) is 6.21. The predicted octanol–water partition coefficient (Wildman–Crippen LogP) is 1.94. The Kier molecular flexibility index (Phi) is 4.88. The maximum absolute atomic E-state index is 12.5. The lowest BCUT2D eigenvalue weighted by Gasteiger charge is -2.28. The minimum absolute atomic E-state index is 0.0641. The lowest BCUT2D eigenvalue weighted by molar-refractivity contribution is -0.123. The van der Waals surface area contributed by atoms with Gasteiger partial charge in [-0.3, -0.25) is 4.79 Å². The van der Waals surface area contributed by atoms with Gasteiger partial charge in [0.25, 0.3) is 10.0 Å². The van der Waals surface area contributed by atoms with Crippen LogP contribution in [0.2, 0.25) is 0 Å². The van der Waals surface area contributed by atoms with Crippen LogP contribution in [0.4, 0.5) is 5.13 Å². The summed E-state index contributed by atoms with van der Waals surface area (Å²) >= 11 is 0.895. The van der Waals surface area contributed by atoms with Crippen LogP contribution < -0.4 is 5.32 Å². The van der Waals surface area contributed by atoms with Crippen LogP contribution in [-0.4, -0.2) is 41.9 Å². The fourth-order valence-corrected chi connectivity index (χ4v) is 4.76. The molecule has 0 saturated carbocycles. The summed E-state index contributed by atoms with van der Waals surface area (Å²) < 4.78 is 26.5. The number of amides is 1. The largest absolute Gasteiger partial charge is 0.300 e. The summed E-state index contributed by atoms with van der Waals surface area (Å²) in [6.45, 7) is 8.38. The Bertz CT molecular complexity index is 648. The number of hydrogen-bond acceptors (Lipinski definition) is 6. The van der Waals surface area contributed by atoms with Gasteiger partial charge in [-0.2, -0.15) is 4.31 Å². The fraction of sp³-hybridized carbons (Fsp3) is 0.769. The van der Waals surface area contributed by atoms with Gasteiger partial charge in [-0.15, -0.1) is 10.2 Å². The van der Waals surface area contributed by atoms with Gasteiger partial charge >= 0.3 is 0 Å². The zero-order valence-corrected chi connectivity index (χ0v) is 14.9. The highest BCUT2D eigenvalue weighted by molar-refractivity contribution is 7.91. The lowest BCUT2D eigenvalue weighted by atomic mass is 9.96. The minimum Gasteiger partial charge on any atom is -0.300 e. The van der Waals surface area contributed by atoms with E-state index in [0.29, 0.717) is 19.0 Å². The molecular formula is C13H22N4O3S2. The molecule has 0 unspecified atom stereocenters. The Morgan fingerprint density at radius 2 is 2.05 bits per heavy atom. The van der Waals surface area contributed by atoms with Gasteiger partial charge in [0, 0.05) is 18.5 Å². The van der Waals surface area contributed by atoms with Crippen LogP contribution in [0.1, 0.15) is 40.5 Å². The van der Waals surface area contributed by atoms with Crippen LogP contribution in [-0.2, 0) is 14.8 Å². The average Bonchev–Trinajstić information content (AvgIpc) is 2.87. The molecule has 2 heterocycles. The average molecular weight is 346 g/mol. The zero-order valence-electron chi connectivity index (χ0n) is 13.3. The Hall–Kier alpha value is -1.06. The number of hydrogen-bond donors (Lipinski definition) is 1. The Morgan fingerprint density at radius 3 is 2.64 bits per heavy atom. The van der Waals surface area contributed by atoms with Crippen LogP contribution in [0.5, 0.6) is 0 Å². The third-order valence-electron chi connectivity index (χ3n) is 3.49. The van der Waals surface area contributed by atoms with E-state index >= 15 is 0 Å². The van der Waals surface area contributed by atoms with Gasteiger partial charge in [0.2, 0.25) is 15.4 Å². The fourth-order valence-electron chi connectivity index (χ4n) is 2.12. The van der Waals surface area contributed by atoms with Crippen LogP contribution in [0.15, 0.2) is 4.34 Å². The number of aromatic nitrogens is 2. The normalized spacial score (nSPS) is 20.8. The van der Waals surface area contributed by atoms with Crippen LogP contribution in [0.25, 0.3) is 0 Å². The highest BCUT2D eigenvalue weighted by Crippen LogP contribution is 2.28. The molecule has 0 radical (unpaired) electrons. The monoisotopic (exact) mass is 346 g/mol. The van der Waals surface area contributed by atoms with Crippen molar-refractivity contribution in [3.63, 3.8) is 0 Å². The Labute approximate surface area is 135 Å². The number of nitrogens with zero attached hydrogens (tertiary/aromatic N) is 3. The summed E-state index contributed by atoms with van der Waals surface area (Å²) in [5.74, 6) is 0.121. The molecule has 2 rings (SSSR count). The van der Waals surface area contributed by atoms with E-state index < -0.39 is 15.4 Å². The summed E-state index contributed by atoms with van der Waals surface area (Å²) in [6.07, 6.45) is 1.89. The summed E-state index contributed by atoms with van der Waals surface area (Å²) in [5, 5.41) is 10.3. The number of anilines is 1. The zero-order chi connectivity index (χ0) is 16.5.